The zero-order valence-corrected chi connectivity index (χ0v) is 9.57. The Balaban J connectivity index is 1.84. The van der Waals surface area contributed by atoms with Gasteiger partial charge >= 0.3 is 0 Å². The summed E-state index contributed by atoms with van der Waals surface area (Å²) in [7, 11) is 0. The molecule has 1 aliphatic rings. The first-order valence-electron chi connectivity index (χ1n) is 4.95. The van der Waals surface area contributed by atoms with Crippen LogP contribution in [0.3, 0.4) is 0 Å². The Morgan fingerprint density at radius 2 is 2.21 bits per heavy atom. The standard InChI is InChI=1S/C11H14BrNO/c12-10-3-1-2-9(8-10)6-7-13(14)11-4-5-11/h1-3,8,11,14H,4-7H2. The summed E-state index contributed by atoms with van der Waals surface area (Å²) < 4.78 is 1.10. The molecule has 2 nitrogen and oxygen atoms in total. The van der Waals surface area contributed by atoms with Crippen LogP contribution in [0, 0.1) is 0 Å². The molecule has 0 saturated heterocycles. The molecule has 0 bridgehead atoms. The molecule has 0 heterocycles. The van der Waals surface area contributed by atoms with Gasteiger partial charge in [-0.1, -0.05) is 28.1 Å². The summed E-state index contributed by atoms with van der Waals surface area (Å²) in [6, 6.07) is 8.66. The van der Waals surface area contributed by atoms with Gasteiger partial charge in [0.05, 0.1) is 0 Å². The third-order valence-electron chi connectivity index (χ3n) is 2.49. The minimum atomic E-state index is 0.433. The molecule has 2 rings (SSSR count). The summed E-state index contributed by atoms with van der Waals surface area (Å²) >= 11 is 3.43. The second-order valence-electron chi connectivity index (χ2n) is 3.77. The number of benzene rings is 1. The lowest BCUT2D eigenvalue weighted by atomic mass is 10.1. The largest absolute Gasteiger partial charge is 0.314 e. The Bertz CT molecular complexity index is 312. The molecule has 0 atom stereocenters. The fourth-order valence-electron chi connectivity index (χ4n) is 1.49. The molecule has 1 aliphatic carbocycles. The van der Waals surface area contributed by atoms with Crippen LogP contribution in [0.15, 0.2) is 28.7 Å². The molecule has 0 radical (unpaired) electrons. The summed E-state index contributed by atoms with van der Waals surface area (Å²) in [4.78, 5) is 0. The quantitative estimate of drug-likeness (QED) is 0.837. The molecule has 0 amide bonds. The summed E-state index contributed by atoms with van der Waals surface area (Å²) in [6.07, 6.45) is 3.20. The lowest BCUT2D eigenvalue weighted by molar-refractivity contribution is -0.0982. The van der Waals surface area contributed by atoms with Crippen molar-refractivity contribution in [1.29, 1.82) is 0 Å². The molecular weight excluding hydrogens is 242 g/mol. The van der Waals surface area contributed by atoms with Gasteiger partial charge in [0.25, 0.3) is 0 Å². The molecule has 0 unspecified atom stereocenters. The first kappa shape index (κ1) is 10.1. The Kier molecular flexibility index (Phi) is 3.21. The Hall–Kier alpha value is -0.380. The van der Waals surface area contributed by atoms with E-state index in [0.717, 1.165) is 30.3 Å². The van der Waals surface area contributed by atoms with E-state index in [-0.39, 0.29) is 0 Å². The van der Waals surface area contributed by atoms with Gasteiger partial charge in [-0.15, -0.1) is 0 Å². The van der Waals surface area contributed by atoms with Crippen LogP contribution in [-0.2, 0) is 6.42 Å². The van der Waals surface area contributed by atoms with Gasteiger partial charge in [-0.3, -0.25) is 0 Å². The number of hydrogen-bond donors (Lipinski definition) is 1. The molecule has 0 aromatic heterocycles. The van der Waals surface area contributed by atoms with Crippen molar-refractivity contribution in [3.63, 3.8) is 0 Å². The van der Waals surface area contributed by atoms with Crippen molar-refractivity contribution in [3.05, 3.63) is 34.3 Å². The third kappa shape index (κ3) is 2.80. The number of halogens is 1. The highest BCUT2D eigenvalue weighted by molar-refractivity contribution is 9.10. The van der Waals surface area contributed by atoms with E-state index < -0.39 is 0 Å². The monoisotopic (exact) mass is 255 g/mol. The molecule has 14 heavy (non-hydrogen) atoms. The van der Waals surface area contributed by atoms with E-state index in [9.17, 15) is 5.21 Å². The van der Waals surface area contributed by atoms with Gasteiger partial charge in [-0.2, -0.15) is 5.06 Å². The maximum absolute atomic E-state index is 9.54. The van der Waals surface area contributed by atoms with Crippen LogP contribution < -0.4 is 0 Å². The van der Waals surface area contributed by atoms with Crippen molar-refractivity contribution in [2.45, 2.75) is 25.3 Å². The van der Waals surface area contributed by atoms with Crippen LogP contribution in [0.2, 0.25) is 0 Å². The Morgan fingerprint density at radius 3 is 2.86 bits per heavy atom. The van der Waals surface area contributed by atoms with Gasteiger partial charge in [0, 0.05) is 17.1 Å². The van der Waals surface area contributed by atoms with Crippen molar-refractivity contribution in [2.75, 3.05) is 6.54 Å². The van der Waals surface area contributed by atoms with Gasteiger partial charge in [0.2, 0.25) is 0 Å². The maximum atomic E-state index is 9.54. The second kappa shape index (κ2) is 4.43. The van der Waals surface area contributed by atoms with Crippen LogP contribution in [-0.4, -0.2) is 22.9 Å². The average molecular weight is 256 g/mol. The van der Waals surface area contributed by atoms with Gasteiger partial charge in [-0.25, -0.2) is 0 Å². The molecule has 1 saturated carbocycles. The average Bonchev–Trinajstić information content (AvgIpc) is 2.97. The lowest BCUT2D eigenvalue weighted by Gasteiger charge is -2.13. The Labute approximate surface area is 92.6 Å². The predicted molar refractivity (Wildman–Crippen MR) is 59.4 cm³/mol. The SMILES string of the molecule is ON(CCc1cccc(Br)c1)C1CC1. The summed E-state index contributed by atoms with van der Waals surface area (Å²) in [5, 5.41) is 11.0. The van der Waals surface area contributed by atoms with Crippen molar-refractivity contribution < 1.29 is 5.21 Å². The fraction of sp³-hybridized carbons (Fsp3) is 0.455. The first-order valence-corrected chi connectivity index (χ1v) is 5.75. The minimum absolute atomic E-state index is 0.433. The van der Waals surface area contributed by atoms with Crippen LogP contribution in [0.25, 0.3) is 0 Å². The summed E-state index contributed by atoms with van der Waals surface area (Å²) in [6.45, 7) is 0.737. The molecule has 1 N–H and O–H groups in total. The van der Waals surface area contributed by atoms with Gasteiger partial charge in [-0.05, 0) is 37.0 Å². The van der Waals surface area contributed by atoms with Crippen molar-refractivity contribution in [3.8, 4) is 0 Å². The lowest BCUT2D eigenvalue weighted by Crippen LogP contribution is -2.24. The van der Waals surface area contributed by atoms with Crippen LogP contribution in [0.1, 0.15) is 18.4 Å². The first-order chi connectivity index (χ1) is 6.75. The zero-order chi connectivity index (χ0) is 9.97. The van der Waals surface area contributed by atoms with Crippen LogP contribution in [0.4, 0.5) is 0 Å². The number of hydroxylamine groups is 2. The molecule has 3 heteroatoms. The van der Waals surface area contributed by atoms with E-state index in [1.807, 2.05) is 12.1 Å². The summed E-state index contributed by atoms with van der Waals surface area (Å²) in [5.74, 6) is 0. The molecule has 0 aliphatic heterocycles. The highest BCUT2D eigenvalue weighted by atomic mass is 79.9. The van der Waals surface area contributed by atoms with E-state index in [2.05, 4.69) is 28.1 Å². The number of hydrogen-bond acceptors (Lipinski definition) is 2. The number of rotatable bonds is 4. The van der Waals surface area contributed by atoms with E-state index in [4.69, 9.17) is 0 Å². The molecule has 1 aromatic rings. The number of nitrogens with zero attached hydrogens (tertiary/aromatic N) is 1. The third-order valence-corrected chi connectivity index (χ3v) is 2.98. The normalized spacial score (nSPS) is 16.2. The molecular formula is C11H14BrNO. The van der Waals surface area contributed by atoms with E-state index in [1.165, 1.54) is 10.6 Å². The van der Waals surface area contributed by atoms with Gasteiger partial charge in [0.15, 0.2) is 0 Å². The highest BCUT2D eigenvalue weighted by Crippen LogP contribution is 2.25. The fourth-order valence-corrected chi connectivity index (χ4v) is 1.94. The topological polar surface area (TPSA) is 23.5 Å². The van der Waals surface area contributed by atoms with Crippen molar-refractivity contribution in [2.24, 2.45) is 0 Å². The molecule has 0 spiro atoms. The van der Waals surface area contributed by atoms with E-state index >= 15 is 0 Å². The molecule has 76 valence electrons. The zero-order valence-electron chi connectivity index (χ0n) is 7.99. The van der Waals surface area contributed by atoms with E-state index in [1.54, 1.807) is 0 Å². The van der Waals surface area contributed by atoms with E-state index in [0.29, 0.717) is 6.04 Å². The smallest absolute Gasteiger partial charge is 0.0351 e. The minimum Gasteiger partial charge on any atom is -0.314 e. The van der Waals surface area contributed by atoms with Crippen LogP contribution in [0.5, 0.6) is 0 Å². The maximum Gasteiger partial charge on any atom is 0.0351 e. The van der Waals surface area contributed by atoms with Crippen molar-refractivity contribution in [1.82, 2.24) is 5.06 Å². The van der Waals surface area contributed by atoms with Crippen molar-refractivity contribution >= 4 is 15.9 Å². The predicted octanol–water partition coefficient (Wildman–Crippen LogP) is 2.85. The van der Waals surface area contributed by atoms with Gasteiger partial charge in [0.1, 0.15) is 0 Å². The van der Waals surface area contributed by atoms with Crippen LogP contribution >= 0.6 is 15.9 Å². The molecule has 1 fully saturated rings. The van der Waals surface area contributed by atoms with Gasteiger partial charge < -0.3 is 5.21 Å². The summed E-state index contributed by atoms with van der Waals surface area (Å²) in [5.41, 5.74) is 1.26. The highest BCUT2D eigenvalue weighted by Gasteiger charge is 2.27. The Morgan fingerprint density at radius 1 is 1.43 bits per heavy atom. The second-order valence-corrected chi connectivity index (χ2v) is 4.69. The molecule has 1 aromatic carbocycles.